The van der Waals surface area contributed by atoms with Gasteiger partial charge in [-0.25, -0.2) is 4.98 Å². The molecule has 0 spiro atoms. The molecule has 1 N–H and O–H groups in total. The van der Waals surface area contributed by atoms with Gasteiger partial charge in [0, 0.05) is 17.5 Å². The van der Waals surface area contributed by atoms with Crippen molar-refractivity contribution in [2.24, 2.45) is 0 Å². The van der Waals surface area contributed by atoms with Crippen molar-refractivity contribution >= 4 is 16.7 Å². The third-order valence-electron chi connectivity index (χ3n) is 5.79. The maximum absolute atomic E-state index is 5.43. The number of unbranched alkanes of at least 4 members (excludes halogenated alkanes) is 1. The van der Waals surface area contributed by atoms with Crippen LogP contribution in [0.25, 0.3) is 22.0 Å². The van der Waals surface area contributed by atoms with E-state index in [9.17, 15) is 0 Å². The van der Waals surface area contributed by atoms with Gasteiger partial charge in [0.15, 0.2) is 0 Å². The van der Waals surface area contributed by atoms with Crippen molar-refractivity contribution in [1.29, 1.82) is 0 Å². The van der Waals surface area contributed by atoms with E-state index in [2.05, 4.69) is 41.7 Å². The fourth-order valence-corrected chi connectivity index (χ4v) is 4.37. The van der Waals surface area contributed by atoms with Crippen molar-refractivity contribution in [3.63, 3.8) is 0 Å². The molecule has 1 aromatic carbocycles. The topological polar surface area (TPSA) is 51.0 Å². The molecular weight excluding hydrogens is 334 g/mol. The number of aryl methyl sites for hydroxylation is 2. The molecular formula is C23H29N3O. The maximum atomic E-state index is 5.43. The summed E-state index contributed by atoms with van der Waals surface area (Å²) in [6, 6.07) is 8.94. The number of benzene rings is 1. The van der Waals surface area contributed by atoms with E-state index in [-0.39, 0.29) is 0 Å². The van der Waals surface area contributed by atoms with Crippen LogP contribution in [0.15, 0.2) is 28.8 Å². The van der Waals surface area contributed by atoms with Crippen LogP contribution in [0.4, 0.5) is 5.82 Å². The standard InChI is InChI=1S/C23H29N3O/c1-4-5-12-24-22-11-10-19-20(17-8-6-7-9-17)13-18(14-21(19)25-22)23-15(2)26-27-16(23)3/h10-11,13-14,17H,4-9,12H2,1-3H3,(H,24,25). The molecule has 4 rings (SSSR count). The summed E-state index contributed by atoms with van der Waals surface area (Å²) < 4.78 is 5.43. The molecule has 2 aromatic heterocycles. The lowest BCUT2D eigenvalue weighted by Crippen LogP contribution is -2.03. The minimum atomic E-state index is 0.633. The van der Waals surface area contributed by atoms with E-state index in [1.165, 1.54) is 48.6 Å². The third kappa shape index (κ3) is 3.58. The van der Waals surface area contributed by atoms with Crippen LogP contribution in [0.3, 0.4) is 0 Å². The Hall–Kier alpha value is -2.36. The Labute approximate surface area is 161 Å². The average Bonchev–Trinajstić information content (AvgIpc) is 3.31. The SMILES string of the molecule is CCCCNc1ccc2c(C3CCCC3)cc(-c3c(C)noc3C)cc2n1. The monoisotopic (exact) mass is 363 g/mol. The van der Waals surface area contributed by atoms with Gasteiger partial charge in [-0.15, -0.1) is 0 Å². The van der Waals surface area contributed by atoms with Gasteiger partial charge in [-0.2, -0.15) is 0 Å². The lowest BCUT2D eigenvalue weighted by Gasteiger charge is -2.16. The Bertz CT molecular complexity index is 919. The van der Waals surface area contributed by atoms with Gasteiger partial charge in [-0.05, 0) is 74.4 Å². The van der Waals surface area contributed by atoms with Crippen LogP contribution in [-0.2, 0) is 0 Å². The second-order valence-electron chi connectivity index (χ2n) is 7.79. The number of anilines is 1. The van der Waals surface area contributed by atoms with Gasteiger partial charge >= 0.3 is 0 Å². The molecule has 1 fully saturated rings. The number of hydrogen-bond donors (Lipinski definition) is 1. The molecule has 3 aromatic rings. The first-order valence-electron chi connectivity index (χ1n) is 10.3. The zero-order valence-corrected chi connectivity index (χ0v) is 16.6. The van der Waals surface area contributed by atoms with Gasteiger partial charge in [-0.1, -0.05) is 31.3 Å². The van der Waals surface area contributed by atoms with Crippen LogP contribution < -0.4 is 5.32 Å². The van der Waals surface area contributed by atoms with Gasteiger partial charge in [-0.3, -0.25) is 0 Å². The van der Waals surface area contributed by atoms with Crippen LogP contribution in [0.1, 0.15) is 68.4 Å². The molecule has 142 valence electrons. The molecule has 1 aliphatic rings. The largest absolute Gasteiger partial charge is 0.370 e. The lowest BCUT2D eigenvalue weighted by atomic mass is 9.90. The minimum absolute atomic E-state index is 0.633. The molecule has 0 amide bonds. The third-order valence-corrected chi connectivity index (χ3v) is 5.79. The Balaban J connectivity index is 1.83. The number of rotatable bonds is 6. The van der Waals surface area contributed by atoms with E-state index in [1.54, 1.807) is 0 Å². The molecule has 1 saturated carbocycles. The van der Waals surface area contributed by atoms with Crippen molar-refractivity contribution in [3.8, 4) is 11.1 Å². The van der Waals surface area contributed by atoms with Crippen LogP contribution in [0.2, 0.25) is 0 Å². The molecule has 0 saturated heterocycles. The van der Waals surface area contributed by atoms with E-state index in [4.69, 9.17) is 9.51 Å². The highest BCUT2D eigenvalue weighted by molar-refractivity contribution is 5.89. The van der Waals surface area contributed by atoms with Gasteiger partial charge in [0.2, 0.25) is 0 Å². The quantitative estimate of drug-likeness (QED) is 0.517. The molecule has 27 heavy (non-hydrogen) atoms. The minimum Gasteiger partial charge on any atom is -0.370 e. The highest BCUT2D eigenvalue weighted by atomic mass is 16.5. The normalized spacial score (nSPS) is 14.9. The number of aromatic nitrogens is 2. The highest BCUT2D eigenvalue weighted by Crippen LogP contribution is 2.40. The zero-order valence-electron chi connectivity index (χ0n) is 16.6. The first kappa shape index (κ1) is 18.0. The Kier molecular flexibility index (Phi) is 5.15. The molecule has 4 heteroatoms. The predicted molar refractivity (Wildman–Crippen MR) is 111 cm³/mol. The van der Waals surface area contributed by atoms with Crippen LogP contribution in [-0.4, -0.2) is 16.7 Å². The first-order valence-corrected chi connectivity index (χ1v) is 10.3. The average molecular weight is 364 g/mol. The fourth-order valence-electron chi connectivity index (χ4n) is 4.37. The fraction of sp³-hybridized carbons (Fsp3) is 0.478. The lowest BCUT2D eigenvalue weighted by molar-refractivity contribution is 0.393. The summed E-state index contributed by atoms with van der Waals surface area (Å²) in [6.45, 7) is 7.18. The molecule has 2 heterocycles. The Morgan fingerprint density at radius 2 is 1.96 bits per heavy atom. The van der Waals surface area contributed by atoms with Crippen molar-refractivity contribution in [3.05, 3.63) is 41.3 Å². The summed E-state index contributed by atoms with van der Waals surface area (Å²) in [5.41, 5.74) is 5.74. The molecule has 0 aliphatic heterocycles. The Morgan fingerprint density at radius 3 is 2.67 bits per heavy atom. The summed E-state index contributed by atoms with van der Waals surface area (Å²) in [6.07, 6.45) is 7.54. The van der Waals surface area contributed by atoms with Crippen molar-refractivity contribution in [2.45, 2.75) is 65.2 Å². The van der Waals surface area contributed by atoms with E-state index in [0.29, 0.717) is 5.92 Å². The first-order chi connectivity index (χ1) is 13.2. The summed E-state index contributed by atoms with van der Waals surface area (Å²) in [4.78, 5) is 4.95. The van der Waals surface area contributed by atoms with Crippen molar-refractivity contribution in [2.75, 3.05) is 11.9 Å². The molecule has 0 atom stereocenters. The van der Waals surface area contributed by atoms with Gasteiger partial charge < -0.3 is 9.84 Å². The van der Waals surface area contributed by atoms with E-state index in [0.717, 1.165) is 41.3 Å². The molecule has 0 unspecified atom stereocenters. The maximum Gasteiger partial charge on any atom is 0.141 e. The molecule has 1 aliphatic carbocycles. The molecule has 0 radical (unpaired) electrons. The number of pyridine rings is 1. The molecule has 4 nitrogen and oxygen atoms in total. The van der Waals surface area contributed by atoms with Crippen LogP contribution >= 0.6 is 0 Å². The number of nitrogens with zero attached hydrogens (tertiary/aromatic N) is 2. The van der Waals surface area contributed by atoms with E-state index in [1.807, 2.05) is 13.8 Å². The molecule has 0 bridgehead atoms. The number of fused-ring (bicyclic) bond motifs is 1. The van der Waals surface area contributed by atoms with Crippen LogP contribution in [0, 0.1) is 13.8 Å². The number of nitrogens with one attached hydrogen (secondary N) is 1. The smallest absolute Gasteiger partial charge is 0.141 e. The predicted octanol–water partition coefficient (Wildman–Crippen LogP) is 6.38. The van der Waals surface area contributed by atoms with Gasteiger partial charge in [0.25, 0.3) is 0 Å². The van der Waals surface area contributed by atoms with E-state index >= 15 is 0 Å². The Morgan fingerprint density at radius 1 is 1.15 bits per heavy atom. The van der Waals surface area contributed by atoms with Crippen molar-refractivity contribution < 1.29 is 4.52 Å². The van der Waals surface area contributed by atoms with Gasteiger partial charge in [0.1, 0.15) is 11.6 Å². The van der Waals surface area contributed by atoms with Gasteiger partial charge in [0.05, 0.1) is 11.2 Å². The summed E-state index contributed by atoms with van der Waals surface area (Å²) in [5, 5.41) is 8.91. The zero-order chi connectivity index (χ0) is 18.8. The summed E-state index contributed by atoms with van der Waals surface area (Å²) >= 11 is 0. The van der Waals surface area contributed by atoms with Crippen LogP contribution in [0.5, 0.6) is 0 Å². The van der Waals surface area contributed by atoms with E-state index < -0.39 is 0 Å². The second-order valence-corrected chi connectivity index (χ2v) is 7.79. The second kappa shape index (κ2) is 7.71. The van der Waals surface area contributed by atoms with Crippen molar-refractivity contribution in [1.82, 2.24) is 10.1 Å². The number of hydrogen-bond acceptors (Lipinski definition) is 4. The summed E-state index contributed by atoms with van der Waals surface area (Å²) in [7, 11) is 0. The summed E-state index contributed by atoms with van der Waals surface area (Å²) in [5.74, 6) is 2.47. The highest BCUT2D eigenvalue weighted by Gasteiger charge is 2.22.